The molecule has 5 N–H and O–H groups in total. The van der Waals surface area contributed by atoms with Gasteiger partial charge in [0.15, 0.2) is 12.6 Å². The van der Waals surface area contributed by atoms with Crippen molar-refractivity contribution in [1.29, 1.82) is 0 Å². The standard InChI is InChI=1S/C41H70N2O6.C40H68N2O6.2CH4/c1-10-46-35(37(5,6)45)27-19-25(2)32-33(48-27)34(44)39(8)29-12-11-28-36(3,4)30(13-14-40(28)24-41(29,40)16-15-38(32,39)7)49-31-23-43(17-18-47-31)22-26-20-42(9)21-26;1-9-45-34(36(5,6)44)26-18-24(2)31-32(47-26)33(43)38(8)28-11-10-27-35(3,4)29(12-13-39(27)23-40(28,39)15-14-37(31,38)7)48-30-22-42(16-17-46-30)21-25-19-41-20-25;;/h25-35,44-45H,10-24H2,1-9H3;24-34,41,43-44H,9-23H2,1-8H3;2*1H4/t25-,27-,28+,29+,30+,31+,32+,33+,34+,35+,38-,39-,40-,41+;24-,26-,27+,28+,29+,30+,31+,32+,33+,34+,37-,38-,39-,40+;;/m11../s1. The van der Waals surface area contributed by atoms with Crippen LogP contribution in [0.4, 0.5) is 0 Å². The number of hydrogen-bond donors (Lipinski definition) is 5. The molecule has 10 aliphatic carbocycles. The third-order valence-corrected chi connectivity index (χ3v) is 34.2. The summed E-state index contributed by atoms with van der Waals surface area (Å²) in [6.07, 6.45) is 16.4. The van der Waals surface area contributed by atoms with Crippen molar-refractivity contribution in [3.05, 3.63) is 0 Å². The molecule has 16 nitrogen and oxygen atoms in total. The van der Waals surface area contributed by atoms with Crippen molar-refractivity contribution in [2.45, 2.75) is 313 Å². The monoisotopic (exact) mass is 1390 g/mol. The number of fused-ring (bicyclic) bond motifs is 8. The van der Waals surface area contributed by atoms with Gasteiger partial charge >= 0.3 is 0 Å². The Morgan fingerprint density at radius 2 is 0.909 bits per heavy atom. The third-order valence-electron chi connectivity index (χ3n) is 34.2. The first kappa shape index (κ1) is 76.6. The molecule has 16 fully saturated rings. The fourth-order valence-electron chi connectivity index (χ4n) is 29.7. The predicted molar refractivity (Wildman–Crippen MR) is 389 cm³/mol. The number of rotatable bonds is 16. The van der Waals surface area contributed by atoms with Gasteiger partial charge in [-0.05, 0) is 254 Å². The Hall–Kier alpha value is -0.640. The molecule has 0 aromatic rings. The van der Waals surface area contributed by atoms with Crippen molar-refractivity contribution in [3.8, 4) is 0 Å². The molecular formula is C83H146N4O12. The normalized spacial score (nSPS) is 51.0. The van der Waals surface area contributed by atoms with E-state index in [1.165, 1.54) is 96.7 Å². The van der Waals surface area contributed by atoms with Crippen LogP contribution in [0.2, 0.25) is 0 Å². The summed E-state index contributed by atoms with van der Waals surface area (Å²) < 4.78 is 52.7. The van der Waals surface area contributed by atoms with Crippen molar-refractivity contribution in [3.63, 3.8) is 0 Å². The highest BCUT2D eigenvalue weighted by atomic mass is 16.7. The van der Waals surface area contributed by atoms with Gasteiger partial charge in [0, 0.05) is 89.5 Å². The van der Waals surface area contributed by atoms with E-state index in [2.05, 4.69) is 96.3 Å². The SMILES string of the molecule is C.C.CCO[C@@H]([C@H]1C[C@@H](C)[C@H]2[C@H](O1)[C@H](O)[C@@]1(C)[C@@H]3CC[C@H]4C(C)(C)[C@@H](O[C@H]5CN(CC6CN(C)C6)CCO5)CC[C@@]45C[C@@]35CC[C@]21C)C(C)(C)O.CCO[C@@H]([C@H]1C[C@@H](C)[C@H]2[C@H](O1)[C@H](O)[C@@]1(C)[C@@H]3CC[C@H]4C(C)(C)[C@@H](O[C@H]5CN(CC6CNC6)CCO5)CC[C@@]45C[C@@]35CC[C@]21C)C(C)(C)O. The summed E-state index contributed by atoms with van der Waals surface area (Å²) in [5, 5.41) is 50.8. The topological polar surface area (TPSA) is 177 Å². The number of morpholine rings is 2. The maximum Gasteiger partial charge on any atom is 0.170 e. The summed E-state index contributed by atoms with van der Waals surface area (Å²) in [5.74, 6) is 5.30. The van der Waals surface area contributed by atoms with Gasteiger partial charge in [-0.2, -0.15) is 0 Å². The fourth-order valence-corrected chi connectivity index (χ4v) is 29.7. The summed E-state index contributed by atoms with van der Waals surface area (Å²) in [6.45, 7) is 49.6. The van der Waals surface area contributed by atoms with Crippen molar-refractivity contribution >= 4 is 0 Å². The first-order chi connectivity index (χ1) is 45.6. The Bertz CT molecular complexity index is 2840. The van der Waals surface area contributed by atoms with Crippen LogP contribution in [0, 0.1) is 113 Å². The molecule has 0 aromatic carbocycles. The molecule has 10 saturated carbocycles. The molecular weight excluding hydrogens is 1240 g/mol. The summed E-state index contributed by atoms with van der Waals surface area (Å²) >= 11 is 0. The van der Waals surface area contributed by atoms with Crippen LogP contribution in [0.5, 0.6) is 0 Å². The van der Waals surface area contributed by atoms with Crippen LogP contribution in [0.15, 0.2) is 0 Å². The van der Waals surface area contributed by atoms with Crippen molar-refractivity contribution in [1.82, 2.24) is 20.0 Å². The van der Waals surface area contributed by atoms with Crippen LogP contribution in [-0.4, -0.2) is 219 Å². The summed E-state index contributed by atoms with van der Waals surface area (Å²) in [6, 6.07) is 0. The molecule has 0 radical (unpaired) electrons. The maximum absolute atomic E-state index is 12.6. The van der Waals surface area contributed by atoms with E-state index in [1.807, 2.05) is 41.5 Å². The maximum atomic E-state index is 12.6. The van der Waals surface area contributed by atoms with E-state index in [-0.39, 0.29) is 96.5 Å². The van der Waals surface area contributed by atoms with Gasteiger partial charge in [-0.1, -0.05) is 84.1 Å². The zero-order chi connectivity index (χ0) is 69.0. The molecule has 6 aliphatic heterocycles. The predicted octanol–water partition coefficient (Wildman–Crippen LogP) is 12.1. The summed E-state index contributed by atoms with van der Waals surface area (Å²) in [4.78, 5) is 7.56. The number of hydrogen-bond acceptors (Lipinski definition) is 16. The molecule has 0 aromatic heterocycles. The molecule has 28 atom stereocenters. The van der Waals surface area contributed by atoms with Crippen LogP contribution >= 0.6 is 0 Å². The molecule has 570 valence electrons. The molecule has 6 heterocycles. The number of likely N-dealkylation sites (tertiary alicyclic amines) is 1. The minimum absolute atomic E-state index is 0. The van der Waals surface area contributed by atoms with Crippen molar-refractivity contribution in [2.24, 2.45) is 113 Å². The fraction of sp³-hybridized carbons (Fsp3) is 1.00. The van der Waals surface area contributed by atoms with Gasteiger partial charge in [-0.15, -0.1) is 0 Å². The molecule has 0 unspecified atom stereocenters. The Kier molecular flexibility index (Phi) is 20.3. The van der Waals surface area contributed by atoms with E-state index in [1.54, 1.807) is 0 Å². The second-order valence-corrected chi connectivity index (χ2v) is 40.1. The number of ether oxygens (including phenoxy) is 8. The van der Waals surface area contributed by atoms with Crippen LogP contribution in [-0.2, 0) is 37.9 Å². The largest absolute Gasteiger partial charge is 0.390 e. The lowest BCUT2D eigenvalue weighted by Gasteiger charge is -2.64. The summed E-state index contributed by atoms with van der Waals surface area (Å²) in [5.41, 5.74) is -0.799. The zero-order valence-corrected chi connectivity index (χ0v) is 63.8. The second kappa shape index (κ2) is 26.3. The number of nitrogens with one attached hydrogen (secondary N) is 1. The minimum Gasteiger partial charge on any atom is -0.390 e. The van der Waals surface area contributed by atoms with Gasteiger partial charge in [0.2, 0.25) is 0 Å². The zero-order valence-electron chi connectivity index (χ0n) is 63.8. The quantitative estimate of drug-likeness (QED) is 0.0986. The highest BCUT2D eigenvalue weighted by Crippen LogP contribution is 2.91. The smallest absolute Gasteiger partial charge is 0.170 e. The van der Waals surface area contributed by atoms with Crippen LogP contribution in [0.1, 0.15) is 228 Å². The molecule has 0 bridgehead atoms. The lowest BCUT2D eigenvalue weighted by atomic mass is 9.41. The van der Waals surface area contributed by atoms with Crippen molar-refractivity contribution < 1.29 is 58.3 Å². The lowest BCUT2D eigenvalue weighted by molar-refractivity contribution is -0.249. The number of aliphatic hydroxyl groups is 4. The average molecular weight is 1390 g/mol. The van der Waals surface area contributed by atoms with Gasteiger partial charge in [0.25, 0.3) is 0 Å². The molecule has 16 rings (SSSR count). The third kappa shape index (κ3) is 11.3. The van der Waals surface area contributed by atoms with Crippen LogP contribution in [0.3, 0.4) is 0 Å². The number of aliphatic hydroxyl groups excluding tert-OH is 2. The molecule has 0 amide bonds. The molecule has 16 aliphatic rings. The summed E-state index contributed by atoms with van der Waals surface area (Å²) in [7, 11) is 2.22. The molecule has 16 heteroatoms. The average Bonchev–Trinajstić information content (AvgIpc) is 1.47. The van der Waals surface area contributed by atoms with E-state index in [9.17, 15) is 20.4 Å². The van der Waals surface area contributed by atoms with E-state index in [0.717, 1.165) is 96.5 Å². The van der Waals surface area contributed by atoms with E-state index in [4.69, 9.17) is 37.9 Å². The van der Waals surface area contributed by atoms with Gasteiger partial charge in [0.05, 0.1) is 73.2 Å². The molecule has 4 spiro atoms. The Labute approximate surface area is 601 Å². The first-order valence-corrected chi connectivity index (χ1v) is 40.4. The van der Waals surface area contributed by atoms with E-state index >= 15 is 0 Å². The molecule has 6 saturated heterocycles. The van der Waals surface area contributed by atoms with Gasteiger partial charge in [0.1, 0.15) is 12.2 Å². The minimum atomic E-state index is -1.01. The first-order valence-electron chi connectivity index (χ1n) is 40.4. The highest BCUT2D eigenvalue weighted by Gasteiger charge is 2.87. The van der Waals surface area contributed by atoms with Gasteiger partial charge < -0.3 is 68.5 Å². The lowest BCUT2D eigenvalue weighted by Crippen LogP contribution is -2.60. The van der Waals surface area contributed by atoms with E-state index < -0.39 is 35.6 Å². The van der Waals surface area contributed by atoms with Gasteiger partial charge in [-0.25, -0.2) is 0 Å². The van der Waals surface area contributed by atoms with Crippen LogP contribution < -0.4 is 5.32 Å². The second-order valence-electron chi connectivity index (χ2n) is 40.1. The Morgan fingerprint density at radius 3 is 1.27 bits per heavy atom. The van der Waals surface area contributed by atoms with E-state index in [0.29, 0.717) is 82.2 Å². The van der Waals surface area contributed by atoms with Crippen molar-refractivity contribution in [2.75, 3.05) is 98.9 Å². The number of nitrogens with zero attached hydrogens (tertiary/aromatic N) is 3. The Balaban J connectivity index is 0.000000174. The highest BCUT2D eigenvalue weighted by molar-refractivity contribution is 5.35. The van der Waals surface area contributed by atoms with Gasteiger partial charge in [-0.3, -0.25) is 9.80 Å². The Morgan fingerprint density at radius 1 is 0.525 bits per heavy atom. The van der Waals surface area contributed by atoms with Crippen LogP contribution in [0.25, 0.3) is 0 Å². The molecule has 99 heavy (non-hydrogen) atoms.